The first-order valence-electron chi connectivity index (χ1n) is 8.33. The summed E-state index contributed by atoms with van der Waals surface area (Å²) in [6, 6.07) is 6.43. The van der Waals surface area contributed by atoms with Crippen LogP contribution in [0.1, 0.15) is 48.6 Å². The van der Waals surface area contributed by atoms with E-state index in [0.717, 1.165) is 42.3 Å². The summed E-state index contributed by atoms with van der Waals surface area (Å²) in [5, 5.41) is 2.79. The highest BCUT2D eigenvalue weighted by Crippen LogP contribution is 2.31. The summed E-state index contributed by atoms with van der Waals surface area (Å²) in [6.45, 7) is 5.84. The van der Waals surface area contributed by atoms with Gasteiger partial charge in [-0.25, -0.2) is 9.97 Å². The van der Waals surface area contributed by atoms with E-state index < -0.39 is 0 Å². The predicted molar refractivity (Wildman–Crippen MR) is 90.9 cm³/mol. The Bertz CT molecular complexity index is 701. The van der Waals surface area contributed by atoms with Crippen LogP contribution in [0, 0.1) is 6.92 Å². The molecule has 1 amide bonds. The molecule has 0 saturated carbocycles. The Morgan fingerprint density at radius 3 is 2.92 bits per heavy atom. The van der Waals surface area contributed by atoms with Crippen molar-refractivity contribution in [3.8, 4) is 0 Å². The fourth-order valence-corrected chi connectivity index (χ4v) is 3.12. The number of rotatable bonds is 5. The van der Waals surface area contributed by atoms with Gasteiger partial charge in [0.1, 0.15) is 5.82 Å². The zero-order chi connectivity index (χ0) is 16.9. The summed E-state index contributed by atoms with van der Waals surface area (Å²) in [5.41, 5.74) is 3.16. The van der Waals surface area contributed by atoms with Crippen LogP contribution in [-0.2, 0) is 17.9 Å². The molecule has 1 aliphatic heterocycles. The number of likely N-dealkylation sites (tertiary alicyclic amines) is 1. The highest BCUT2D eigenvalue weighted by molar-refractivity contribution is 5.72. The number of hydrogen-bond donors (Lipinski definition) is 1. The quantitative estimate of drug-likeness (QED) is 0.912. The molecule has 6 nitrogen and oxygen atoms in total. The van der Waals surface area contributed by atoms with Crippen LogP contribution in [-0.4, -0.2) is 32.3 Å². The standard InChI is InChI=1S/C18H23N5O/c1-13-19-8-7-16(22-13)12-23-9-3-4-18(23)17-6-5-15(11-21-17)10-20-14(2)24/h5-8,11,18H,3-4,9-10,12H2,1-2H3,(H,20,24)/t18-/m0/s1. The molecule has 1 atom stereocenters. The third kappa shape index (κ3) is 4.14. The monoisotopic (exact) mass is 325 g/mol. The van der Waals surface area contributed by atoms with Crippen LogP contribution in [0.25, 0.3) is 0 Å². The van der Waals surface area contributed by atoms with E-state index in [0.29, 0.717) is 12.6 Å². The molecule has 2 aromatic rings. The van der Waals surface area contributed by atoms with Gasteiger partial charge in [0.2, 0.25) is 5.91 Å². The van der Waals surface area contributed by atoms with Crippen LogP contribution in [0.15, 0.2) is 30.6 Å². The van der Waals surface area contributed by atoms with Crippen molar-refractivity contribution >= 4 is 5.91 Å². The normalized spacial score (nSPS) is 17.8. The highest BCUT2D eigenvalue weighted by atomic mass is 16.1. The van der Waals surface area contributed by atoms with Gasteiger partial charge in [-0.3, -0.25) is 14.7 Å². The number of pyridine rings is 1. The van der Waals surface area contributed by atoms with Crippen molar-refractivity contribution in [3.05, 3.63) is 53.4 Å². The number of amides is 1. The van der Waals surface area contributed by atoms with Crippen molar-refractivity contribution in [2.75, 3.05) is 6.54 Å². The van der Waals surface area contributed by atoms with E-state index in [4.69, 9.17) is 0 Å². The average molecular weight is 325 g/mol. The van der Waals surface area contributed by atoms with Crippen LogP contribution in [0.4, 0.5) is 0 Å². The van der Waals surface area contributed by atoms with Gasteiger partial charge in [-0.15, -0.1) is 0 Å². The van der Waals surface area contributed by atoms with Crippen LogP contribution < -0.4 is 5.32 Å². The fraction of sp³-hybridized carbons (Fsp3) is 0.444. The van der Waals surface area contributed by atoms with E-state index in [1.54, 1.807) is 0 Å². The van der Waals surface area contributed by atoms with Crippen LogP contribution >= 0.6 is 0 Å². The molecule has 1 N–H and O–H groups in total. The van der Waals surface area contributed by atoms with Crippen molar-refractivity contribution in [2.24, 2.45) is 0 Å². The summed E-state index contributed by atoms with van der Waals surface area (Å²) in [5.74, 6) is 0.782. The van der Waals surface area contributed by atoms with Gasteiger partial charge in [-0.2, -0.15) is 0 Å². The van der Waals surface area contributed by atoms with Crippen molar-refractivity contribution in [1.29, 1.82) is 0 Å². The molecule has 2 aromatic heterocycles. The largest absolute Gasteiger partial charge is 0.352 e. The summed E-state index contributed by atoms with van der Waals surface area (Å²) in [4.78, 5) is 26.7. The van der Waals surface area contributed by atoms with Crippen molar-refractivity contribution in [1.82, 2.24) is 25.2 Å². The Labute approximate surface area is 142 Å². The first kappa shape index (κ1) is 16.5. The van der Waals surface area contributed by atoms with Gasteiger partial charge in [0.15, 0.2) is 0 Å². The molecule has 0 aliphatic carbocycles. The van der Waals surface area contributed by atoms with E-state index in [-0.39, 0.29) is 5.91 Å². The molecule has 6 heteroatoms. The fourth-order valence-electron chi connectivity index (χ4n) is 3.12. The first-order chi connectivity index (χ1) is 11.6. The lowest BCUT2D eigenvalue weighted by Gasteiger charge is -2.23. The van der Waals surface area contributed by atoms with Crippen molar-refractivity contribution in [2.45, 2.75) is 45.8 Å². The second-order valence-electron chi connectivity index (χ2n) is 6.22. The average Bonchev–Trinajstić information content (AvgIpc) is 3.01. The molecule has 0 aromatic carbocycles. The second kappa shape index (κ2) is 7.49. The number of aryl methyl sites for hydroxylation is 1. The molecule has 24 heavy (non-hydrogen) atoms. The molecule has 3 rings (SSSR count). The van der Waals surface area contributed by atoms with Gasteiger partial charge in [0.05, 0.1) is 17.4 Å². The summed E-state index contributed by atoms with van der Waals surface area (Å²) < 4.78 is 0. The molecule has 1 fully saturated rings. The molecular weight excluding hydrogens is 302 g/mol. The molecule has 3 heterocycles. The third-order valence-electron chi connectivity index (χ3n) is 4.29. The molecular formula is C18H23N5O. The lowest BCUT2D eigenvalue weighted by molar-refractivity contribution is -0.119. The molecule has 126 valence electrons. The number of hydrogen-bond acceptors (Lipinski definition) is 5. The predicted octanol–water partition coefficient (Wildman–Crippen LogP) is 2.15. The Balaban J connectivity index is 1.67. The zero-order valence-electron chi connectivity index (χ0n) is 14.2. The van der Waals surface area contributed by atoms with Crippen LogP contribution in [0.5, 0.6) is 0 Å². The Kier molecular flexibility index (Phi) is 5.15. The Morgan fingerprint density at radius 2 is 2.21 bits per heavy atom. The molecule has 1 saturated heterocycles. The van der Waals surface area contributed by atoms with Crippen LogP contribution in [0.3, 0.4) is 0 Å². The summed E-state index contributed by atoms with van der Waals surface area (Å²) in [6.07, 6.45) is 5.96. The summed E-state index contributed by atoms with van der Waals surface area (Å²) >= 11 is 0. The lowest BCUT2D eigenvalue weighted by Crippen LogP contribution is -2.24. The van der Waals surface area contributed by atoms with Gasteiger partial charge in [0.25, 0.3) is 0 Å². The minimum atomic E-state index is -0.0267. The van der Waals surface area contributed by atoms with E-state index in [2.05, 4.69) is 31.2 Å². The van der Waals surface area contributed by atoms with Gasteiger partial charge in [-0.1, -0.05) is 6.07 Å². The molecule has 0 bridgehead atoms. The molecule has 0 radical (unpaired) electrons. The summed E-state index contributed by atoms with van der Waals surface area (Å²) in [7, 11) is 0. The van der Waals surface area contributed by atoms with Gasteiger partial charge in [-0.05, 0) is 44.0 Å². The van der Waals surface area contributed by atoms with E-state index >= 15 is 0 Å². The molecule has 1 aliphatic rings. The lowest BCUT2D eigenvalue weighted by atomic mass is 10.1. The molecule has 0 spiro atoms. The van der Waals surface area contributed by atoms with E-state index in [1.807, 2.05) is 31.5 Å². The highest BCUT2D eigenvalue weighted by Gasteiger charge is 2.27. The Hall–Kier alpha value is -2.34. The number of nitrogens with zero attached hydrogens (tertiary/aromatic N) is 4. The van der Waals surface area contributed by atoms with E-state index in [9.17, 15) is 4.79 Å². The maximum absolute atomic E-state index is 11.0. The number of aromatic nitrogens is 3. The van der Waals surface area contributed by atoms with Gasteiger partial charge < -0.3 is 5.32 Å². The number of carbonyl (C=O) groups is 1. The smallest absolute Gasteiger partial charge is 0.217 e. The van der Waals surface area contributed by atoms with Crippen molar-refractivity contribution < 1.29 is 4.79 Å². The SMILES string of the molecule is CC(=O)NCc1ccc([C@@H]2CCCN2Cc2ccnc(C)n2)nc1. The molecule has 0 unspecified atom stereocenters. The zero-order valence-corrected chi connectivity index (χ0v) is 14.2. The minimum absolute atomic E-state index is 0.0267. The maximum Gasteiger partial charge on any atom is 0.217 e. The Morgan fingerprint density at radius 1 is 1.33 bits per heavy atom. The number of nitrogens with one attached hydrogen (secondary N) is 1. The van der Waals surface area contributed by atoms with Gasteiger partial charge >= 0.3 is 0 Å². The maximum atomic E-state index is 11.0. The third-order valence-corrected chi connectivity index (χ3v) is 4.29. The van der Waals surface area contributed by atoms with Gasteiger partial charge in [0, 0.05) is 32.4 Å². The number of carbonyl (C=O) groups excluding carboxylic acids is 1. The van der Waals surface area contributed by atoms with Crippen molar-refractivity contribution in [3.63, 3.8) is 0 Å². The van der Waals surface area contributed by atoms with E-state index in [1.165, 1.54) is 13.3 Å². The first-order valence-corrected chi connectivity index (χ1v) is 8.33. The minimum Gasteiger partial charge on any atom is -0.352 e. The second-order valence-corrected chi connectivity index (χ2v) is 6.22. The van der Waals surface area contributed by atoms with Crippen LogP contribution in [0.2, 0.25) is 0 Å². The topological polar surface area (TPSA) is 71.0 Å².